The van der Waals surface area contributed by atoms with E-state index in [9.17, 15) is 13.6 Å². The van der Waals surface area contributed by atoms with Gasteiger partial charge >= 0.3 is 0 Å². The molecule has 2 aromatic heterocycles. The number of anilines is 2. The summed E-state index contributed by atoms with van der Waals surface area (Å²) in [4.78, 5) is 21.8. The van der Waals surface area contributed by atoms with Crippen molar-refractivity contribution in [2.45, 2.75) is 18.8 Å². The first-order valence-corrected chi connectivity index (χ1v) is 13.5. The van der Waals surface area contributed by atoms with Gasteiger partial charge in [-0.3, -0.25) is 4.79 Å². The van der Waals surface area contributed by atoms with E-state index in [0.29, 0.717) is 46.2 Å². The number of hydrogen-bond donors (Lipinski definition) is 1. The van der Waals surface area contributed by atoms with Crippen molar-refractivity contribution in [2.75, 3.05) is 44.0 Å². The van der Waals surface area contributed by atoms with Gasteiger partial charge in [-0.25, -0.2) is 13.8 Å². The van der Waals surface area contributed by atoms with Crippen molar-refractivity contribution in [1.82, 2.24) is 10.3 Å². The number of amides is 1. The summed E-state index contributed by atoms with van der Waals surface area (Å²) >= 11 is 0. The fraction of sp³-hybridized carbons (Fsp3) is 0.250. The number of benzene rings is 3. The van der Waals surface area contributed by atoms with Gasteiger partial charge < -0.3 is 24.0 Å². The Bertz CT molecular complexity index is 1710. The molecule has 1 fully saturated rings. The highest BCUT2D eigenvalue weighted by molar-refractivity contribution is 6.11. The zero-order valence-corrected chi connectivity index (χ0v) is 23.1. The Kier molecular flexibility index (Phi) is 6.95. The lowest BCUT2D eigenvalue weighted by molar-refractivity contribution is 0.0964. The normalized spacial score (nSPS) is 15.3. The first-order chi connectivity index (χ1) is 19.8. The van der Waals surface area contributed by atoms with E-state index in [1.807, 2.05) is 25.1 Å². The summed E-state index contributed by atoms with van der Waals surface area (Å²) in [5.74, 6) is 0.182. The Hall–Kier alpha value is -4.66. The van der Waals surface area contributed by atoms with E-state index in [1.165, 1.54) is 24.3 Å². The van der Waals surface area contributed by atoms with E-state index in [4.69, 9.17) is 8.83 Å². The summed E-state index contributed by atoms with van der Waals surface area (Å²) in [6.07, 6.45) is 3.55. The Balaban J connectivity index is 1.38. The molecule has 0 bridgehead atoms. The molecule has 5 aromatic rings. The topological polar surface area (TPSA) is 74.8 Å². The van der Waals surface area contributed by atoms with Gasteiger partial charge in [-0.2, -0.15) is 0 Å². The van der Waals surface area contributed by atoms with Crippen LogP contribution in [0.25, 0.3) is 33.6 Å². The van der Waals surface area contributed by atoms with Crippen molar-refractivity contribution < 1.29 is 22.4 Å². The second-order valence-electron chi connectivity index (χ2n) is 10.5. The number of oxazole rings is 1. The van der Waals surface area contributed by atoms with Crippen molar-refractivity contribution in [2.24, 2.45) is 0 Å². The van der Waals surface area contributed by atoms with Gasteiger partial charge in [-0.15, -0.1) is 0 Å². The minimum atomic E-state index is -0.360. The predicted octanol–water partition coefficient (Wildman–Crippen LogP) is 6.84. The fourth-order valence-electron chi connectivity index (χ4n) is 5.58. The van der Waals surface area contributed by atoms with E-state index < -0.39 is 0 Å². The summed E-state index contributed by atoms with van der Waals surface area (Å²) in [5, 5.41) is 3.44. The van der Waals surface area contributed by atoms with E-state index in [0.717, 1.165) is 36.2 Å². The molecule has 41 heavy (non-hydrogen) atoms. The van der Waals surface area contributed by atoms with E-state index in [2.05, 4.69) is 21.3 Å². The SMILES string of the molecule is CNC(=O)c1c(-c2ccc(F)cc2)oc2cc(N(C)C)c(C3CCCN(c4ncc(-c5ccc(F)cc5)o4)C3)cc12. The number of piperidine rings is 1. The van der Waals surface area contributed by atoms with E-state index in [-0.39, 0.29) is 23.5 Å². The van der Waals surface area contributed by atoms with Crippen molar-refractivity contribution in [3.05, 3.63) is 89.6 Å². The largest absolute Gasteiger partial charge is 0.455 e. The molecule has 1 amide bonds. The van der Waals surface area contributed by atoms with Crippen molar-refractivity contribution >= 4 is 28.6 Å². The van der Waals surface area contributed by atoms with Gasteiger partial charge in [0.05, 0.1) is 11.8 Å². The Morgan fingerprint density at radius 3 is 2.34 bits per heavy atom. The number of carbonyl (C=O) groups excluding carboxylic acids is 1. The van der Waals surface area contributed by atoms with Crippen molar-refractivity contribution in [1.29, 1.82) is 0 Å². The minimum Gasteiger partial charge on any atom is -0.455 e. The minimum absolute atomic E-state index is 0.133. The number of furan rings is 1. The molecule has 1 N–H and O–H groups in total. The van der Waals surface area contributed by atoms with Crippen LogP contribution in [0.5, 0.6) is 0 Å². The maximum Gasteiger partial charge on any atom is 0.297 e. The zero-order chi connectivity index (χ0) is 28.7. The molecule has 1 unspecified atom stereocenters. The number of halogens is 2. The fourth-order valence-corrected chi connectivity index (χ4v) is 5.58. The van der Waals surface area contributed by atoms with Crippen LogP contribution in [0.2, 0.25) is 0 Å². The maximum atomic E-state index is 13.6. The van der Waals surface area contributed by atoms with Crippen LogP contribution in [0.4, 0.5) is 20.5 Å². The summed E-state index contributed by atoms with van der Waals surface area (Å²) in [7, 11) is 5.55. The third kappa shape index (κ3) is 5.03. The third-order valence-corrected chi connectivity index (χ3v) is 7.63. The molecule has 210 valence electrons. The highest BCUT2D eigenvalue weighted by atomic mass is 19.1. The van der Waals surface area contributed by atoms with Gasteiger partial charge in [0.2, 0.25) is 0 Å². The Morgan fingerprint density at radius 2 is 1.68 bits per heavy atom. The first-order valence-electron chi connectivity index (χ1n) is 13.5. The lowest BCUT2D eigenvalue weighted by Gasteiger charge is -2.33. The molecule has 0 spiro atoms. The first kappa shape index (κ1) is 26.6. The molecular formula is C32H30F2N4O3. The lowest BCUT2D eigenvalue weighted by Crippen LogP contribution is -2.35. The van der Waals surface area contributed by atoms with Crippen LogP contribution < -0.4 is 15.1 Å². The number of nitrogens with zero attached hydrogens (tertiary/aromatic N) is 3. The molecule has 1 aliphatic rings. The number of carbonyl (C=O) groups is 1. The van der Waals surface area contributed by atoms with Gasteiger partial charge in [0, 0.05) is 68.4 Å². The molecule has 9 heteroatoms. The van der Waals surface area contributed by atoms with Crippen molar-refractivity contribution in [3.8, 4) is 22.6 Å². The van der Waals surface area contributed by atoms with Crippen LogP contribution in [0.15, 0.2) is 75.7 Å². The molecule has 1 aliphatic heterocycles. The van der Waals surface area contributed by atoms with Gasteiger partial charge in [-0.1, -0.05) is 0 Å². The van der Waals surface area contributed by atoms with Crippen LogP contribution in [0, 0.1) is 11.6 Å². The molecule has 1 atom stereocenters. The summed E-state index contributed by atoms with van der Waals surface area (Å²) in [5.41, 5.74) is 4.47. The average molecular weight is 557 g/mol. The third-order valence-electron chi connectivity index (χ3n) is 7.63. The standard InChI is InChI=1S/C32H30F2N4O3/c1-35-31(39)29-25-15-24(26(37(2)3)16-27(25)40-30(29)20-8-12-23(34)13-9-20)21-5-4-14-38(18-21)32-36-17-28(41-32)19-6-10-22(33)11-7-19/h6-13,15-17,21H,4-5,14,18H2,1-3H3,(H,35,39). The molecule has 0 saturated carbocycles. The highest BCUT2D eigenvalue weighted by Gasteiger charge is 2.29. The van der Waals surface area contributed by atoms with Crippen LogP contribution in [-0.4, -0.2) is 45.1 Å². The molecule has 3 heterocycles. The lowest BCUT2D eigenvalue weighted by atomic mass is 9.88. The summed E-state index contributed by atoms with van der Waals surface area (Å²) in [6.45, 7) is 1.47. The molecule has 7 nitrogen and oxygen atoms in total. The second-order valence-corrected chi connectivity index (χ2v) is 10.5. The molecule has 1 saturated heterocycles. The quantitative estimate of drug-likeness (QED) is 0.247. The maximum absolute atomic E-state index is 13.6. The van der Waals surface area contributed by atoms with Gasteiger partial charge in [0.15, 0.2) is 5.76 Å². The molecular weight excluding hydrogens is 526 g/mol. The summed E-state index contributed by atoms with van der Waals surface area (Å²) in [6, 6.07) is 16.6. The number of rotatable bonds is 6. The van der Waals surface area contributed by atoms with Gasteiger partial charge in [-0.05, 0) is 73.0 Å². The van der Waals surface area contributed by atoms with Crippen LogP contribution in [0.1, 0.15) is 34.7 Å². The Labute approximate surface area is 236 Å². The zero-order valence-electron chi connectivity index (χ0n) is 23.1. The summed E-state index contributed by atoms with van der Waals surface area (Å²) < 4.78 is 39.4. The number of fused-ring (bicyclic) bond motifs is 1. The number of hydrogen-bond acceptors (Lipinski definition) is 6. The van der Waals surface area contributed by atoms with Crippen molar-refractivity contribution in [3.63, 3.8) is 0 Å². The van der Waals surface area contributed by atoms with Crippen LogP contribution in [-0.2, 0) is 0 Å². The number of nitrogens with one attached hydrogen (secondary N) is 1. The van der Waals surface area contributed by atoms with E-state index in [1.54, 1.807) is 37.5 Å². The van der Waals surface area contributed by atoms with Crippen LogP contribution >= 0.6 is 0 Å². The van der Waals surface area contributed by atoms with Crippen LogP contribution in [0.3, 0.4) is 0 Å². The molecule has 3 aromatic carbocycles. The highest BCUT2D eigenvalue weighted by Crippen LogP contribution is 2.42. The molecule has 0 radical (unpaired) electrons. The average Bonchev–Trinajstić information content (AvgIpc) is 3.62. The Morgan fingerprint density at radius 1 is 1.00 bits per heavy atom. The van der Waals surface area contributed by atoms with Gasteiger partial charge in [0.1, 0.15) is 23.0 Å². The van der Waals surface area contributed by atoms with E-state index >= 15 is 0 Å². The van der Waals surface area contributed by atoms with Gasteiger partial charge in [0.25, 0.3) is 11.9 Å². The smallest absolute Gasteiger partial charge is 0.297 e. The number of aromatic nitrogens is 1. The monoisotopic (exact) mass is 556 g/mol. The predicted molar refractivity (Wildman–Crippen MR) is 155 cm³/mol. The molecule has 6 rings (SSSR count). The molecule has 0 aliphatic carbocycles. The second kappa shape index (κ2) is 10.7.